The predicted octanol–water partition coefficient (Wildman–Crippen LogP) is 5.92. The third kappa shape index (κ3) is 6.15. The van der Waals surface area contributed by atoms with Crippen LogP contribution in [0.2, 0.25) is 0 Å². The van der Waals surface area contributed by atoms with Crippen LogP contribution in [0, 0.1) is 0 Å². The second-order valence-electron chi connectivity index (χ2n) is 10.8. The van der Waals surface area contributed by atoms with Gasteiger partial charge < -0.3 is 24.2 Å². The van der Waals surface area contributed by atoms with Gasteiger partial charge in [-0.2, -0.15) is 26.3 Å². The minimum Gasteiger partial charge on any atom is -0.496 e. The summed E-state index contributed by atoms with van der Waals surface area (Å²) < 4.78 is 128. The lowest BCUT2D eigenvalue weighted by atomic mass is 9.81. The van der Waals surface area contributed by atoms with Gasteiger partial charge in [0, 0.05) is 24.8 Å². The molecule has 16 heteroatoms. The third-order valence-corrected chi connectivity index (χ3v) is 9.74. The number of halogens is 6. The normalized spacial score (nSPS) is 18.0. The maximum atomic E-state index is 14.0. The molecule has 9 nitrogen and oxygen atoms in total. The van der Waals surface area contributed by atoms with E-state index < -0.39 is 62.6 Å². The number of alkyl halides is 6. The first kappa shape index (κ1) is 33.2. The lowest BCUT2D eigenvalue weighted by Crippen LogP contribution is -2.61. The summed E-state index contributed by atoms with van der Waals surface area (Å²) in [6, 6.07) is 11.1. The number of rotatable bonds is 9. The third-order valence-electron chi connectivity index (χ3n) is 7.96. The Morgan fingerprint density at radius 2 is 1.70 bits per heavy atom. The van der Waals surface area contributed by atoms with Gasteiger partial charge in [0.05, 0.1) is 48.5 Å². The summed E-state index contributed by atoms with van der Waals surface area (Å²) in [5.41, 5.74) is -3.42. The topological polar surface area (TPSA) is 106 Å². The number of anilines is 2. The summed E-state index contributed by atoms with van der Waals surface area (Å²) in [7, 11) is -2.13. The molecule has 0 aromatic heterocycles. The highest BCUT2D eigenvalue weighted by atomic mass is 32.2. The average Bonchev–Trinajstić information content (AvgIpc) is 2.98. The first-order valence-corrected chi connectivity index (χ1v) is 15.2. The Hall–Kier alpha value is -4.18. The zero-order valence-electron chi connectivity index (χ0n) is 24.4. The summed E-state index contributed by atoms with van der Waals surface area (Å²) in [5, 5.41) is 9.14. The van der Waals surface area contributed by atoms with Crippen molar-refractivity contribution >= 4 is 27.4 Å². The molecule has 2 aliphatic rings. The number of fused-ring (bicyclic) bond motifs is 1. The van der Waals surface area contributed by atoms with E-state index in [9.17, 15) is 39.6 Å². The summed E-state index contributed by atoms with van der Waals surface area (Å²) in [6.45, 7) is -0.580. The van der Waals surface area contributed by atoms with E-state index in [4.69, 9.17) is 19.3 Å². The molecule has 248 valence electrons. The number of carbonyl (C=O) groups is 1. The Morgan fingerprint density at radius 3 is 2.30 bits per heavy atom. The molecule has 0 radical (unpaired) electrons. The molecule has 5 rings (SSSR count). The van der Waals surface area contributed by atoms with E-state index in [2.05, 4.69) is 0 Å². The summed E-state index contributed by atoms with van der Waals surface area (Å²) >= 11 is 0. The lowest BCUT2D eigenvalue weighted by Gasteiger charge is -2.51. The van der Waals surface area contributed by atoms with Crippen LogP contribution in [0.5, 0.6) is 11.5 Å². The van der Waals surface area contributed by atoms with Gasteiger partial charge in [0.25, 0.3) is 10.0 Å². The van der Waals surface area contributed by atoms with E-state index in [1.807, 2.05) is 0 Å². The zero-order chi connectivity index (χ0) is 33.7. The van der Waals surface area contributed by atoms with Crippen LogP contribution in [0.1, 0.15) is 29.5 Å². The number of nitrogens with zero attached hydrogens (tertiary/aromatic N) is 2. The van der Waals surface area contributed by atoms with E-state index in [1.54, 1.807) is 11.0 Å². The van der Waals surface area contributed by atoms with Gasteiger partial charge in [-0.15, -0.1) is 0 Å². The van der Waals surface area contributed by atoms with Crippen molar-refractivity contribution in [3.05, 3.63) is 77.4 Å². The fourth-order valence-corrected chi connectivity index (χ4v) is 7.21. The largest absolute Gasteiger partial charge is 0.496 e. The van der Waals surface area contributed by atoms with Crippen LogP contribution in [0.15, 0.2) is 65.6 Å². The van der Waals surface area contributed by atoms with Gasteiger partial charge in [-0.25, -0.2) is 8.42 Å². The highest BCUT2D eigenvalue weighted by Crippen LogP contribution is 2.49. The van der Waals surface area contributed by atoms with Gasteiger partial charge in [-0.3, -0.25) is 9.10 Å². The number of hydrogen-bond donors (Lipinski definition) is 1. The number of aliphatic carboxylic acids is 1. The van der Waals surface area contributed by atoms with Crippen molar-refractivity contribution in [2.45, 2.75) is 41.8 Å². The lowest BCUT2D eigenvalue weighted by molar-refractivity contribution is -0.142. The van der Waals surface area contributed by atoms with Gasteiger partial charge >= 0.3 is 18.3 Å². The van der Waals surface area contributed by atoms with Crippen molar-refractivity contribution in [1.29, 1.82) is 0 Å². The van der Waals surface area contributed by atoms with Crippen LogP contribution in [0.25, 0.3) is 0 Å². The van der Waals surface area contributed by atoms with Gasteiger partial charge in [0.15, 0.2) is 0 Å². The van der Waals surface area contributed by atoms with Crippen molar-refractivity contribution in [2.24, 2.45) is 0 Å². The molecule has 1 saturated heterocycles. The van der Waals surface area contributed by atoms with E-state index >= 15 is 0 Å². The smallest absolute Gasteiger partial charge is 0.416 e. The number of ether oxygens (including phenoxy) is 3. The zero-order valence-corrected chi connectivity index (χ0v) is 25.2. The molecule has 0 amide bonds. The Labute approximate surface area is 259 Å². The van der Waals surface area contributed by atoms with Gasteiger partial charge in [-0.1, -0.05) is 12.1 Å². The molecule has 3 aromatic carbocycles. The van der Waals surface area contributed by atoms with Gasteiger partial charge in [0.1, 0.15) is 23.2 Å². The van der Waals surface area contributed by atoms with Crippen molar-refractivity contribution in [2.75, 3.05) is 43.1 Å². The fraction of sp³-hybridized carbons (Fsp3) is 0.367. The number of carboxylic acid groups (broad SMARTS) is 1. The average molecular weight is 675 g/mol. The summed E-state index contributed by atoms with van der Waals surface area (Å²) in [5.74, 6) is -1.15. The second kappa shape index (κ2) is 11.9. The monoisotopic (exact) mass is 674 g/mol. The predicted molar refractivity (Wildman–Crippen MR) is 153 cm³/mol. The SMILES string of the molecule is COc1cccc(C(F)(F)F)c1C1(OC)CN(c2ccc3c(c2)N(S(=O)(=O)c2cccc(C(F)(F)F)c2)CC(CCC(=O)O)O3)C1. The number of hydrogen-bond acceptors (Lipinski definition) is 7. The van der Waals surface area contributed by atoms with Crippen molar-refractivity contribution < 1.29 is 58.9 Å². The molecule has 0 spiro atoms. The molecule has 0 bridgehead atoms. The molecule has 2 aliphatic heterocycles. The van der Waals surface area contributed by atoms with Crippen molar-refractivity contribution in [3.63, 3.8) is 0 Å². The molecular weight excluding hydrogens is 646 g/mol. The first-order valence-electron chi connectivity index (χ1n) is 13.8. The van der Waals surface area contributed by atoms with Crippen LogP contribution in [-0.2, 0) is 37.5 Å². The van der Waals surface area contributed by atoms with Gasteiger partial charge in [-0.05, 0) is 55.0 Å². The Bertz CT molecular complexity index is 1740. The van der Waals surface area contributed by atoms with E-state index in [0.717, 1.165) is 28.6 Å². The van der Waals surface area contributed by atoms with Crippen LogP contribution in [0.3, 0.4) is 0 Å². The maximum absolute atomic E-state index is 14.0. The molecule has 0 aliphatic carbocycles. The molecule has 1 unspecified atom stereocenters. The Kier molecular flexibility index (Phi) is 8.57. The maximum Gasteiger partial charge on any atom is 0.416 e. The second-order valence-corrected chi connectivity index (χ2v) is 12.7. The molecule has 46 heavy (non-hydrogen) atoms. The van der Waals surface area contributed by atoms with Gasteiger partial charge in [0.2, 0.25) is 0 Å². The summed E-state index contributed by atoms with van der Waals surface area (Å²) in [6.07, 6.45) is -10.9. The molecule has 1 N–H and O–H groups in total. The van der Waals surface area contributed by atoms with Crippen LogP contribution < -0.4 is 18.7 Å². The molecule has 3 aromatic rings. The number of sulfonamides is 1. The number of carboxylic acids is 1. The fourth-order valence-electron chi connectivity index (χ4n) is 5.67. The van der Waals surface area contributed by atoms with Crippen LogP contribution in [0.4, 0.5) is 37.7 Å². The molecule has 1 fully saturated rings. The number of benzene rings is 3. The van der Waals surface area contributed by atoms with E-state index in [0.29, 0.717) is 11.8 Å². The van der Waals surface area contributed by atoms with Crippen LogP contribution in [-0.4, -0.2) is 59.5 Å². The standard InChI is InChI=1S/C30H28F6N2O7S/c1-43-25-8-4-7-22(30(34,35)36)27(25)28(44-2)16-37(17-28)19-9-11-24-23(14-19)38(15-20(45-24)10-12-26(39)40)46(41,42)21-6-3-5-18(13-21)29(31,32)33/h3-9,11,13-14,20H,10,12,15-17H2,1-2H3,(H,39,40). The molecule has 2 heterocycles. The Morgan fingerprint density at radius 1 is 1.00 bits per heavy atom. The molecular formula is C30H28F6N2O7S. The van der Waals surface area contributed by atoms with Crippen LogP contribution >= 0.6 is 0 Å². The quantitative estimate of drug-likeness (QED) is 0.279. The molecule has 0 saturated carbocycles. The Balaban J connectivity index is 1.53. The number of methoxy groups -OCH3 is 2. The first-order chi connectivity index (χ1) is 21.5. The highest BCUT2D eigenvalue weighted by molar-refractivity contribution is 7.92. The summed E-state index contributed by atoms with van der Waals surface area (Å²) in [4.78, 5) is 12.2. The van der Waals surface area contributed by atoms with E-state index in [1.165, 1.54) is 38.5 Å². The highest BCUT2D eigenvalue weighted by Gasteiger charge is 2.52. The van der Waals surface area contributed by atoms with Crippen molar-refractivity contribution in [3.8, 4) is 11.5 Å². The van der Waals surface area contributed by atoms with Crippen molar-refractivity contribution in [1.82, 2.24) is 0 Å². The minimum atomic E-state index is -4.82. The molecule has 1 atom stereocenters. The minimum absolute atomic E-state index is 0.0269. The van der Waals surface area contributed by atoms with E-state index in [-0.39, 0.29) is 48.7 Å².